The van der Waals surface area contributed by atoms with E-state index in [1.807, 2.05) is 19.1 Å². The van der Waals surface area contributed by atoms with Gasteiger partial charge in [0.2, 0.25) is 0 Å². The van der Waals surface area contributed by atoms with Gasteiger partial charge in [0.1, 0.15) is 5.82 Å². The summed E-state index contributed by atoms with van der Waals surface area (Å²) in [6.07, 6.45) is 3.42. The molecule has 0 unspecified atom stereocenters. The molecule has 1 aliphatic heterocycles. The van der Waals surface area contributed by atoms with Gasteiger partial charge in [-0.15, -0.1) is 15.3 Å². The first-order valence-corrected chi connectivity index (χ1v) is 6.43. The summed E-state index contributed by atoms with van der Waals surface area (Å²) in [6, 6.07) is 3.86. The van der Waals surface area contributed by atoms with Crippen LogP contribution in [0.4, 0.5) is 5.82 Å². The summed E-state index contributed by atoms with van der Waals surface area (Å²) in [7, 11) is 0. The zero-order valence-corrected chi connectivity index (χ0v) is 10.5. The molecule has 6 nitrogen and oxygen atoms in total. The van der Waals surface area contributed by atoms with Gasteiger partial charge in [0.25, 0.3) is 0 Å². The number of hydrogen-bond acceptors (Lipinski definition) is 5. The number of aryl methyl sites for hydroxylation is 1. The Kier molecular flexibility index (Phi) is 3.10. The topological polar surface area (TPSA) is 64.3 Å². The maximum Gasteiger partial charge on any atom is 0.178 e. The van der Waals surface area contributed by atoms with E-state index in [0.29, 0.717) is 6.10 Å². The molecular weight excluding hydrogens is 230 g/mol. The van der Waals surface area contributed by atoms with Crippen LogP contribution >= 0.6 is 0 Å². The van der Waals surface area contributed by atoms with E-state index in [-0.39, 0.29) is 0 Å². The Bertz CT molecular complexity index is 532. The van der Waals surface area contributed by atoms with E-state index in [1.165, 1.54) is 0 Å². The van der Waals surface area contributed by atoms with Gasteiger partial charge in [0, 0.05) is 19.6 Å². The monoisotopic (exact) mass is 247 g/mol. The standard InChI is InChI=1S/C12H17N5O/c1-2-11-14-15-12-6-5-10(16-17(11)12)13-8-9-4-3-7-18-9/h5-6,9H,2-4,7-8H2,1H3,(H,13,16)/t9-/m1/s1. The summed E-state index contributed by atoms with van der Waals surface area (Å²) in [5.74, 6) is 1.72. The van der Waals surface area contributed by atoms with Gasteiger partial charge in [-0.25, -0.2) is 0 Å². The number of aromatic nitrogens is 4. The van der Waals surface area contributed by atoms with Crippen LogP contribution in [0.15, 0.2) is 12.1 Å². The lowest BCUT2D eigenvalue weighted by molar-refractivity contribution is 0.120. The molecule has 0 aliphatic carbocycles. The van der Waals surface area contributed by atoms with E-state index in [0.717, 1.165) is 49.7 Å². The fourth-order valence-corrected chi connectivity index (χ4v) is 2.17. The molecule has 2 aromatic rings. The quantitative estimate of drug-likeness (QED) is 0.881. The second-order valence-corrected chi connectivity index (χ2v) is 4.47. The van der Waals surface area contributed by atoms with E-state index in [1.54, 1.807) is 4.52 Å². The Balaban J connectivity index is 1.75. The highest BCUT2D eigenvalue weighted by molar-refractivity contribution is 5.43. The van der Waals surface area contributed by atoms with Crippen LogP contribution in [0.25, 0.3) is 5.65 Å². The van der Waals surface area contributed by atoms with Crippen LogP contribution in [-0.2, 0) is 11.2 Å². The minimum absolute atomic E-state index is 0.314. The second-order valence-electron chi connectivity index (χ2n) is 4.47. The number of ether oxygens (including phenoxy) is 1. The first-order chi connectivity index (χ1) is 8.86. The minimum atomic E-state index is 0.314. The van der Waals surface area contributed by atoms with Crippen LogP contribution in [0, 0.1) is 0 Å². The zero-order chi connectivity index (χ0) is 12.4. The fraction of sp³-hybridized carbons (Fsp3) is 0.583. The molecule has 18 heavy (non-hydrogen) atoms. The molecule has 96 valence electrons. The maximum atomic E-state index is 5.57. The molecule has 0 radical (unpaired) electrons. The third-order valence-electron chi connectivity index (χ3n) is 3.18. The summed E-state index contributed by atoms with van der Waals surface area (Å²) in [4.78, 5) is 0. The molecule has 0 spiro atoms. The molecule has 0 amide bonds. The molecule has 1 fully saturated rings. The van der Waals surface area contributed by atoms with Crippen LogP contribution < -0.4 is 5.32 Å². The minimum Gasteiger partial charge on any atom is -0.376 e. The van der Waals surface area contributed by atoms with Crippen LogP contribution in [0.3, 0.4) is 0 Å². The van der Waals surface area contributed by atoms with Gasteiger partial charge in [-0.1, -0.05) is 6.92 Å². The van der Waals surface area contributed by atoms with E-state index < -0.39 is 0 Å². The molecule has 0 bridgehead atoms. The van der Waals surface area contributed by atoms with E-state index in [9.17, 15) is 0 Å². The third kappa shape index (κ3) is 2.15. The third-order valence-corrected chi connectivity index (χ3v) is 3.18. The molecule has 3 heterocycles. The SMILES string of the molecule is CCc1nnc2ccc(NC[C@H]3CCCO3)nn12. The lowest BCUT2D eigenvalue weighted by Crippen LogP contribution is -2.19. The highest BCUT2D eigenvalue weighted by Gasteiger charge is 2.15. The molecule has 1 saturated heterocycles. The van der Waals surface area contributed by atoms with Crippen molar-refractivity contribution >= 4 is 11.5 Å². The molecule has 1 N–H and O–H groups in total. The number of fused-ring (bicyclic) bond motifs is 1. The number of anilines is 1. The van der Waals surface area contributed by atoms with Gasteiger partial charge in [0.15, 0.2) is 11.5 Å². The van der Waals surface area contributed by atoms with Crippen LogP contribution in [0.1, 0.15) is 25.6 Å². The normalized spacial score (nSPS) is 19.5. The summed E-state index contributed by atoms with van der Waals surface area (Å²) in [5, 5.41) is 16.0. The molecular formula is C12H17N5O. The largest absolute Gasteiger partial charge is 0.376 e. The Labute approximate surface area is 105 Å². The van der Waals surface area contributed by atoms with Crippen molar-refractivity contribution in [3.63, 3.8) is 0 Å². The van der Waals surface area contributed by atoms with Crippen LogP contribution in [0.2, 0.25) is 0 Å². The highest BCUT2D eigenvalue weighted by Crippen LogP contribution is 2.13. The average Bonchev–Trinajstić information content (AvgIpc) is 3.05. The summed E-state index contributed by atoms with van der Waals surface area (Å²) >= 11 is 0. The molecule has 0 aromatic carbocycles. The molecule has 6 heteroatoms. The van der Waals surface area contributed by atoms with Gasteiger partial charge in [-0.2, -0.15) is 4.52 Å². The molecule has 2 aromatic heterocycles. The second kappa shape index (κ2) is 4.89. The van der Waals surface area contributed by atoms with Crippen molar-refractivity contribution in [2.45, 2.75) is 32.3 Å². The lowest BCUT2D eigenvalue weighted by Gasteiger charge is -2.11. The fourth-order valence-electron chi connectivity index (χ4n) is 2.17. The molecule has 0 saturated carbocycles. The summed E-state index contributed by atoms with van der Waals surface area (Å²) in [6.45, 7) is 3.73. The summed E-state index contributed by atoms with van der Waals surface area (Å²) in [5.41, 5.74) is 0.787. The molecule has 3 rings (SSSR count). The average molecular weight is 247 g/mol. The maximum absolute atomic E-state index is 5.57. The van der Waals surface area contributed by atoms with Crippen LogP contribution in [-0.4, -0.2) is 39.1 Å². The first-order valence-electron chi connectivity index (χ1n) is 6.43. The number of nitrogens with zero attached hydrogens (tertiary/aromatic N) is 4. The lowest BCUT2D eigenvalue weighted by atomic mass is 10.2. The van der Waals surface area contributed by atoms with Crippen molar-refractivity contribution in [3.05, 3.63) is 18.0 Å². The Morgan fingerprint density at radius 1 is 1.44 bits per heavy atom. The summed E-state index contributed by atoms with van der Waals surface area (Å²) < 4.78 is 7.36. The van der Waals surface area contributed by atoms with Gasteiger partial charge in [-0.05, 0) is 25.0 Å². The predicted molar refractivity (Wildman–Crippen MR) is 67.6 cm³/mol. The van der Waals surface area contributed by atoms with Crippen LogP contribution in [0.5, 0.6) is 0 Å². The number of nitrogens with one attached hydrogen (secondary N) is 1. The molecule has 1 atom stereocenters. The van der Waals surface area contributed by atoms with Crippen molar-refractivity contribution in [2.75, 3.05) is 18.5 Å². The Hall–Kier alpha value is -1.69. The van der Waals surface area contributed by atoms with Crippen molar-refractivity contribution in [2.24, 2.45) is 0 Å². The zero-order valence-electron chi connectivity index (χ0n) is 10.5. The Morgan fingerprint density at radius 2 is 2.39 bits per heavy atom. The molecule has 1 aliphatic rings. The first kappa shape index (κ1) is 11.4. The van der Waals surface area contributed by atoms with Crippen molar-refractivity contribution in [3.8, 4) is 0 Å². The van der Waals surface area contributed by atoms with Gasteiger partial charge in [-0.3, -0.25) is 0 Å². The van der Waals surface area contributed by atoms with E-state index in [4.69, 9.17) is 4.74 Å². The predicted octanol–water partition coefficient (Wildman–Crippen LogP) is 1.28. The van der Waals surface area contributed by atoms with E-state index in [2.05, 4.69) is 20.6 Å². The Morgan fingerprint density at radius 3 is 3.17 bits per heavy atom. The van der Waals surface area contributed by atoms with Gasteiger partial charge < -0.3 is 10.1 Å². The van der Waals surface area contributed by atoms with E-state index >= 15 is 0 Å². The highest BCUT2D eigenvalue weighted by atomic mass is 16.5. The number of hydrogen-bond donors (Lipinski definition) is 1. The van der Waals surface area contributed by atoms with Gasteiger partial charge in [0.05, 0.1) is 6.10 Å². The van der Waals surface area contributed by atoms with Crippen molar-refractivity contribution in [1.82, 2.24) is 19.8 Å². The smallest absolute Gasteiger partial charge is 0.178 e. The van der Waals surface area contributed by atoms with Crippen molar-refractivity contribution < 1.29 is 4.74 Å². The van der Waals surface area contributed by atoms with Gasteiger partial charge >= 0.3 is 0 Å². The van der Waals surface area contributed by atoms with Crippen molar-refractivity contribution in [1.29, 1.82) is 0 Å². The number of rotatable bonds is 4.